The Balaban J connectivity index is 1.50. The Morgan fingerprint density at radius 1 is 1.15 bits per heavy atom. The fourth-order valence-corrected chi connectivity index (χ4v) is 4.62. The van der Waals surface area contributed by atoms with E-state index in [-0.39, 0.29) is 18.5 Å². The van der Waals surface area contributed by atoms with Crippen molar-refractivity contribution in [1.29, 1.82) is 0 Å². The summed E-state index contributed by atoms with van der Waals surface area (Å²) in [7, 11) is -3.52. The van der Waals surface area contributed by atoms with Gasteiger partial charge in [0.15, 0.2) is 6.54 Å². The van der Waals surface area contributed by atoms with Gasteiger partial charge in [-0.05, 0) is 49.9 Å². The highest BCUT2D eigenvalue weighted by atomic mass is 32.2. The number of carbonyl (C=O) groups is 2. The van der Waals surface area contributed by atoms with E-state index in [0.717, 1.165) is 28.9 Å². The third kappa shape index (κ3) is 5.06. The normalized spacial score (nSPS) is 18.9. The first-order chi connectivity index (χ1) is 12.8. The zero-order valence-corrected chi connectivity index (χ0v) is 16.6. The number of aryl methyl sites for hydroxylation is 2. The minimum absolute atomic E-state index is 0.162. The van der Waals surface area contributed by atoms with Crippen LogP contribution in [0, 0.1) is 13.8 Å². The Bertz CT molecular complexity index is 828. The Hall–Kier alpha value is -1.97. The molecule has 0 bridgehead atoms. The number of rotatable bonds is 5. The second-order valence-electron chi connectivity index (χ2n) is 7.37. The summed E-state index contributed by atoms with van der Waals surface area (Å²) in [5, 5.41) is 5.04. The lowest BCUT2D eigenvalue weighted by atomic mass is 10.1. The molecule has 1 aromatic rings. The molecule has 27 heavy (non-hydrogen) atoms. The van der Waals surface area contributed by atoms with E-state index >= 15 is 0 Å². The van der Waals surface area contributed by atoms with E-state index in [4.69, 9.17) is 0 Å². The molecule has 1 aliphatic carbocycles. The van der Waals surface area contributed by atoms with Gasteiger partial charge < -0.3 is 10.2 Å². The Labute approximate surface area is 160 Å². The zero-order chi connectivity index (χ0) is 19.6. The molecule has 0 spiro atoms. The summed E-state index contributed by atoms with van der Waals surface area (Å²) in [5.41, 5.74) is 2.00. The van der Waals surface area contributed by atoms with Gasteiger partial charge in [0.05, 0.1) is 31.1 Å². The van der Waals surface area contributed by atoms with Crippen LogP contribution < -0.4 is 15.5 Å². The summed E-state index contributed by atoms with van der Waals surface area (Å²) < 4.78 is 27.1. The van der Waals surface area contributed by atoms with Gasteiger partial charge in [-0.1, -0.05) is 6.07 Å². The number of hydrogen-bond acceptors (Lipinski definition) is 4. The molecule has 8 nitrogen and oxygen atoms in total. The van der Waals surface area contributed by atoms with Crippen molar-refractivity contribution in [1.82, 2.24) is 14.9 Å². The molecule has 1 heterocycles. The van der Waals surface area contributed by atoms with Gasteiger partial charge in [-0.25, -0.2) is 13.2 Å². The molecule has 0 aromatic heterocycles. The molecule has 1 aromatic carbocycles. The third-order valence-electron chi connectivity index (χ3n) is 5.12. The standard InChI is InChI=1S/C18H26N4O4S/c1-13-3-6-16(11-14(13)2)27(25,26)22-9-7-21(8-10-22)12-17(23)20-18(24)19-15-4-5-15/h3,6,11,15H,4-5,7-10,12H2,1-2H3,(H2,19,20,23,24)/p+1. The number of sulfonamides is 1. The van der Waals surface area contributed by atoms with Gasteiger partial charge in [0.2, 0.25) is 10.0 Å². The van der Waals surface area contributed by atoms with Crippen LogP contribution in [0.5, 0.6) is 0 Å². The lowest BCUT2D eigenvalue weighted by Gasteiger charge is -2.31. The van der Waals surface area contributed by atoms with E-state index in [9.17, 15) is 18.0 Å². The summed E-state index contributed by atoms with van der Waals surface area (Å²) >= 11 is 0. The van der Waals surface area contributed by atoms with Crippen molar-refractivity contribution < 1.29 is 22.9 Å². The van der Waals surface area contributed by atoms with Crippen molar-refractivity contribution in [3.05, 3.63) is 29.3 Å². The van der Waals surface area contributed by atoms with Crippen LogP contribution in [0.25, 0.3) is 0 Å². The molecule has 3 rings (SSSR count). The molecule has 9 heteroatoms. The average molecular weight is 396 g/mol. The monoisotopic (exact) mass is 395 g/mol. The molecular formula is C18H27N4O4S+. The number of carbonyl (C=O) groups excluding carboxylic acids is 2. The van der Waals surface area contributed by atoms with Crippen LogP contribution in [0.4, 0.5) is 4.79 Å². The van der Waals surface area contributed by atoms with Gasteiger partial charge in [-0.2, -0.15) is 4.31 Å². The molecule has 3 amide bonds. The Morgan fingerprint density at radius 3 is 2.41 bits per heavy atom. The summed E-state index contributed by atoms with van der Waals surface area (Å²) in [4.78, 5) is 24.8. The average Bonchev–Trinajstić information content (AvgIpc) is 3.41. The smallest absolute Gasteiger partial charge is 0.321 e. The van der Waals surface area contributed by atoms with Crippen molar-refractivity contribution in [3.8, 4) is 0 Å². The topological polar surface area (TPSA) is 100 Å². The van der Waals surface area contributed by atoms with Crippen molar-refractivity contribution in [2.24, 2.45) is 0 Å². The highest BCUT2D eigenvalue weighted by Gasteiger charge is 2.31. The predicted molar refractivity (Wildman–Crippen MR) is 99.9 cm³/mol. The minimum Gasteiger partial charge on any atom is -0.335 e. The maximum Gasteiger partial charge on any atom is 0.321 e. The lowest BCUT2D eigenvalue weighted by molar-refractivity contribution is -0.895. The van der Waals surface area contributed by atoms with Crippen LogP contribution in [-0.4, -0.2) is 63.4 Å². The first-order valence-corrected chi connectivity index (χ1v) is 10.7. The first kappa shape index (κ1) is 19.8. The summed E-state index contributed by atoms with van der Waals surface area (Å²) in [6, 6.07) is 4.92. The second kappa shape index (κ2) is 7.95. The van der Waals surface area contributed by atoms with E-state index in [1.165, 1.54) is 4.31 Å². The molecule has 1 saturated heterocycles. The Kier molecular flexibility index (Phi) is 5.83. The van der Waals surface area contributed by atoms with Gasteiger partial charge in [-0.3, -0.25) is 10.1 Å². The van der Waals surface area contributed by atoms with E-state index in [0.29, 0.717) is 31.1 Å². The van der Waals surface area contributed by atoms with E-state index in [1.54, 1.807) is 12.1 Å². The van der Waals surface area contributed by atoms with Gasteiger partial charge in [-0.15, -0.1) is 0 Å². The van der Waals surface area contributed by atoms with Crippen LogP contribution in [0.3, 0.4) is 0 Å². The van der Waals surface area contributed by atoms with Gasteiger partial charge in [0.1, 0.15) is 0 Å². The number of nitrogens with zero attached hydrogens (tertiary/aromatic N) is 1. The van der Waals surface area contributed by atoms with Crippen molar-refractivity contribution >= 4 is 22.0 Å². The molecular weight excluding hydrogens is 368 g/mol. The molecule has 0 radical (unpaired) electrons. The van der Waals surface area contributed by atoms with Crippen LogP contribution in [0.1, 0.15) is 24.0 Å². The fraction of sp³-hybridized carbons (Fsp3) is 0.556. The largest absolute Gasteiger partial charge is 0.335 e. The number of urea groups is 1. The zero-order valence-electron chi connectivity index (χ0n) is 15.7. The summed E-state index contributed by atoms with van der Waals surface area (Å²) in [5.74, 6) is -0.339. The molecule has 1 saturated carbocycles. The summed E-state index contributed by atoms with van der Waals surface area (Å²) in [6.07, 6.45) is 1.92. The first-order valence-electron chi connectivity index (χ1n) is 9.27. The van der Waals surface area contributed by atoms with Crippen LogP contribution >= 0.6 is 0 Å². The maximum absolute atomic E-state index is 12.8. The third-order valence-corrected chi connectivity index (χ3v) is 7.02. The van der Waals surface area contributed by atoms with Crippen molar-refractivity contribution in [2.45, 2.75) is 37.6 Å². The van der Waals surface area contributed by atoms with Crippen LogP contribution in [0.2, 0.25) is 0 Å². The number of benzene rings is 1. The number of piperazine rings is 1. The number of imide groups is 1. The molecule has 148 valence electrons. The van der Waals surface area contributed by atoms with Gasteiger partial charge in [0, 0.05) is 6.04 Å². The molecule has 1 aliphatic heterocycles. The van der Waals surface area contributed by atoms with E-state index in [2.05, 4.69) is 10.6 Å². The molecule has 3 N–H and O–H groups in total. The van der Waals surface area contributed by atoms with Crippen molar-refractivity contribution in [2.75, 3.05) is 32.7 Å². The van der Waals surface area contributed by atoms with E-state index < -0.39 is 16.1 Å². The van der Waals surface area contributed by atoms with Crippen LogP contribution in [0.15, 0.2) is 23.1 Å². The van der Waals surface area contributed by atoms with Crippen LogP contribution in [-0.2, 0) is 14.8 Å². The lowest BCUT2D eigenvalue weighted by Crippen LogP contribution is -3.15. The number of nitrogens with one attached hydrogen (secondary N) is 3. The molecule has 2 fully saturated rings. The molecule has 2 aliphatic rings. The van der Waals surface area contributed by atoms with Crippen molar-refractivity contribution in [3.63, 3.8) is 0 Å². The minimum atomic E-state index is -3.52. The SMILES string of the molecule is Cc1ccc(S(=O)(=O)N2CC[NH+](CC(=O)NC(=O)NC3CC3)CC2)cc1C. The highest BCUT2D eigenvalue weighted by molar-refractivity contribution is 7.89. The number of hydrogen-bond donors (Lipinski definition) is 3. The molecule has 0 atom stereocenters. The second-order valence-corrected chi connectivity index (χ2v) is 9.31. The quantitative estimate of drug-likeness (QED) is 0.607. The highest BCUT2D eigenvalue weighted by Crippen LogP contribution is 2.19. The summed E-state index contributed by atoms with van der Waals surface area (Å²) in [6.45, 7) is 5.77. The van der Waals surface area contributed by atoms with Gasteiger partial charge in [0.25, 0.3) is 5.91 Å². The van der Waals surface area contributed by atoms with Gasteiger partial charge >= 0.3 is 6.03 Å². The number of quaternary nitrogens is 1. The maximum atomic E-state index is 12.8. The predicted octanol–water partition coefficient (Wildman–Crippen LogP) is -0.819. The van der Waals surface area contributed by atoms with E-state index in [1.807, 2.05) is 19.9 Å². The Morgan fingerprint density at radius 2 is 1.81 bits per heavy atom. The fourth-order valence-electron chi connectivity index (χ4n) is 3.09. The molecule has 0 unspecified atom stereocenters. The number of amides is 3.